The number of carboxylic acids is 1. The topological polar surface area (TPSA) is 56.7 Å². The lowest BCUT2D eigenvalue weighted by atomic mass is 10.1. The second-order valence-electron chi connectivity index (χ2n) is 5.13. The summed E-state index contributed by atoms with van der Waals surface area (Å²) in [6.07, 6.45) is 1.75. The largest absolute Gasteiger partial charge is 0.478 e. The fourth-order valence-corrected chi connectivity index (χ4v) is 2.65. The highest BCUT2D eigenvalue weighted by Gasteiger charge is 2.20. The molecule has 2 heterocycles. The number of anilines is 1. The van der Waals surface area contributed by atoms with E-state index in [1.807, 2.05) is 12.1 Å². The van der Waals surface area contributed by atoms with E-state index in [-0.39, 0.29) is 0 Å². The molecule has 0 saturated carbocycles. The zero-order valence-corrected chi connectivity index (χ0v) is 11.4. The van der Waals surface area contributed by atoms with Crippen LogP contribution in [0.4, 0.5) is 5.82 Å². The van der Waals surface area contributed by atoms with Gasteiger partial charge in [0.25, 0.3) is 0 Å². The van der Waals surface area contributed by atoms with Crippen molar-refractivity contribution in [2.24, 2.45) is 0 Å². The number of hydrogen-bond acceptors (Lipinski definition) is 4. The van der Waals surface area contributed by atoms with Gasteiger partial charge in [-0.05, 0) is 24.6 Å². The molecule has 1 fully saturated rings. The monoisotopic (exact) mass is 271 g/mol. The molecule has 3 rings (SSSR count). The Morgan fingerprint density at radius 1 is 1.20 bits per heavy atom. The third kappa shape index (κ3) is 2.20. The Balaban J connectivity index is 2.13. The van der Waals surface area contributed by atoms with Gasteiger partial charge < -0.3 is 14.9 Å². The van der Waals surface area contributed by atoms with Gasteiger partial charge in [-0.25, -0.2) is 9.78 Å². The summed E-state index contributed by atoms with van der Waals surface area (Å²) in [4.78, 5) is 20.3. The molecule has 0 atom stereocenters. The SMILES string of the molecule is CN1CCN(c2nccc3cccc(C(=O)O)c23)CC1. The minimum absolute atomic E-state index is 0.324. The number of piperazine rings is 1. The summed E-state index contributed by atoms with van der Waals surface area (Å²) in [5.74, 6) is -0.118. The molecule has 1 aromatic carbocycles. The van der Waals surface area contributed by atoms with Crippen LogP contribution in [0.25, 0.3) is 10.8 Å². The van der Waals surface area contributed by atoms with Crippen LogP contribution in [0.5, 0.6) is 0 Å². The molecule has 0 radical (unpaired) electrons. The highest BCUT2D eigenvalue weighted by molar-refractivity contribution is 6.08. The second kappa shape index (κ2) is 5.09. The van der Waals surface area contributed by atoms with Crippen molar-refractivity contribution in [2.75, 3.05) is 38.1 Å². The summed E-state index contributed by atoms with van der Waals surface area (Å²) < 4.78 is 0. The van der Waals surface area contributed by atoms with Crippen LogP contribution in [0.1, 0.15) is 10.4 Å². The van der Waals surface area contributed by atoms with Crippen molar-refractivity contribution in [1.82, 2.24) is 9.88 Å². The Morgan fingerprint density at radius 2 is 1.95 bits per heavy atom. The summed E-state index contributed by atoms with van der Waals surface area (Å²) in [7, 11) is 2.09. The average molecular weight is 271 g/mol. The lowest BCUT2D eigenvalue weighted by molar-refractivity contribution is 0.0699. The van der Waals surface area contributed by atoms with Gasteiger partial charge in [-0.2, -0.15) is 0 Å². The maximum absolute atomic E-state index is 11.4. The first-order valence-corrected chi connectivity index (χ1v) is 6.71. The number of carboxylic acid groups (broad SMARTS) is 1. The zero-order chi connectivity index (χ0) is 14.1. The fourth-order valence-electron chi connectivity index (χ4n) is 2.65. The van der Waals surface area contributed by atoms with Gasteiger partial charge in [0.15, 0.2) is 0 Å². The number of likely N-dealkylation sites (N-methyl/N-ethyl adjacent to an activating group) is 1. The van der Waals surface area contributed by atoms with E-state index in [1.165, 1.54) is 0 Å². The van der Waals surface area contributed by atoms with Crippen LogP contribution in [0.2, 0.25) is 0 Å². The highest BCUT2D eigenvalue weighted by Crippen LogP contribution is 2.28. The quantitative estimate of drug-likeness (QED) is 0.900. The number of aromatic nitrogens is 1. The molecule has 0 aliphatic carbocycles. The van der Waals surface area contributed by atoms with Gasteiger partial charge in [0.2, 0.25) is 0 Å². The van der Waals surface area contributed by atoms with Crippen molar-refractivity contribution in [2.45, 2.75) is 0 Å². The van der Waals surface area contributed by atoms with E-state index in [2.05, 4.69) is 21.8 Å². The van der Waals surface area contributed by atoms with Crippen LogP contribution in [-0.4, -0.2) is 54.2 Å². The normalized spacial score (nSPS) is 16.6. The number of aromatic carboxylic acids is 1. The Bertz CT molecular complexity index is 643. The van der Waals surface area contributed by atoms with Crippen molar-refractivity contribution in [3.63, 3.8) is 0 Å². The molecule has 2 aromatic rings. The van der Waals surface area contributed by atoms with Crippen molar-refractivity contribution in [3.8, 4) is 0 Å². The van der Waals surface area contributed by atoms with E-state index >= 15 is 0 Å². The molecule has 0 spiro atoms. The Morgan fingerprint density at radius 3 is 2.65 bits per heavy atom. The van der Waals surface area contributed by atoms with E-state index in [0.29, 0.717) is 5.56 Å². The zero-order valence-electron chi connectivity index (χ0n) is 11.4. The van der Waals surface area contributed by atoms with E-state index < -0.39 is 5.97 Å². The first-order valence-electron chi connectivity index (χ1n) is 6.71. The van der Waals surface area contributed by atoms with Gasteiger partial charge in [-0.1, -0.05) is 12.1 Å². The molecular weight excluding hydrogens is 254 g/mol. The minimum atomic E-state index is -0.904. The molecule has 0 amide bonds. The van der Waals surface area contributed by atoms with E-state index in [0.717, 1.165) is 42.8 Å². The van der Waals surface area contributed by atoms with E-state index in [1.54, 1.807) is 18.3 Å². The predicted molar refractivity (Wildman–Crippen MR) is 78.4 cm³/mol. The molecule has 1 N–H and O–H groups in total. The molecule has 1 aliphatic heterocycles. The van der Waals surface area contributed by atoms with Crippen molar-refractivity contribution < 1.29 is 9.90 Å². The Labute approximate surface area is 117 Å². The molecule has 1 aliphatic rings. The number of pyridine rings is 1. The molecule has 1 aromatic heterocycles. The van der Waals surface area contributed by atoms with E-state index in [9.17, 15) is 9.90 Å². The summed E-state index contributed by atoms with van der Waals surface area (Å²) in [5, 5.41) is 11.1. The van der Waals surface area contributed by atoms with Gasteiger partial charge >= 0.3 is 5.97 Å². The standard InChI is InChI=1S/C15H17N3O2/c1-17-7-9-18(10-8-17)14-13-11(5-6-16-14)3-2-4-12(13)15(19)20/h2-6H,7-10H2,1H3,(H,19,20). The summed E-state index contributed by atoms with van der Waals surface area (Å²) in [6.45, 7) is 3.67. The van der Waals surface area contributed by atoms with Gasteiger partial charge in [-0.15, -0.1) is 0 Å². The molecule has 20 heavy (non-hydrogen) atoms. The van der Waals surface area contributed by atoms with E-state index in [4.69, 9.17) is 0 Å². The molecular formula is C15H17N3O2. The third-order valence-electron chi connectivity index (χ3n) is 3.80. The first-order chi connectivity index (χ1) is 9.66. The summed E-state index contributed by atoms with van der Waals surface area (Å²) in [5.41, 5.74) is 0.324. The smallest absolute Gasteiger partial charge is 0.336 e. The molecule has 0 unspecified atom stereocenters. The summed E-state index contributed by atoms with van der Waals surface area (Å²) in [6, 6.07) is 7.22. The molecule has 1 saturated heterocycles. The number of hydrogen-bond donors (Lipinski definition) is 1. The Hall–Kier alpha value is -2.14. The fraction of sp³-hybridized carbons (Fsp3) is 0.333. The second-order valence-corrected chi connectivity index (χ2v) is 5.13. The highest BCUT2D eigenvalue weighted by atomic mass is 16.4. The van der Waals surface area contributed by atoms with Crippen LogP contribution in [-0.2, 0) is 0 Å². The number of nitrogens with zero attached hydrogens (tertiary/aromatic N) is 3. The number of rotatable bonds is 2. The van der Waals surface area contributed by atoms with Crippen LogP contribution in [0, 0.1) is 0 Å². The lowest BCUT2D eigenvalue weighted by Gasteiger charge is -2.34. The summed E-state index contributed by atoms with van der Waals surface area (Å²) >= 11 is 0. The molecule has 5 heteroatoms. The minimum Gasteiger partial charge on any atom is -0.478 e. The first kappa shape index (κ1) is 12.9. The predicted octanol–water partition coefficient (Wildman–Crippen LogP) is 1.68. The number of carbonyl (C=O) groups is 1. The van der Waals surface area contributed by atoms with Crippen LogP contribution in [0.15, 0.2) is 30.5 Å². The third-order valence-corrected chi connectivity index (χ3v) is 3.80. The lowest BCUT2D eigenvalue weighted by Crippen LogP contribution is -2.45. The molecule has 0 bridgehead atoms. The molecule has 104 valence electrons. The number of fused-ring (bicyclic) bond motifs is 1. The van der Waals surface area contributed by atoms with Gasteiger partial charge in [0, 0.05) is 37.8 Å². The average Bonchev–Trinajstić information content (AvgIpc) is 2.47. The van der Waals surface area contributed by atoms with Crippen LogP contribution >= 0.6 is 0 Å². The maximum Gasteiger partial charge on any atom is 0.336 e. The van der Waals surface area contributed by atoms with Gasteiger partial charge in [0.05, 0.1) is 5.56 Å². The van der Waals surface area contributed by atoms with Crippen molar-refractivity contribution in [3.05, 3.63) is 36.0 Å². The van der Waals surface area contributed by atoms with Gasteiger partial charge in [-0.3, -0.25) is 0 Å². The number of benzene rings is 1. The maximum atomic E-state index is 11.4. The van der Waals surface area contributed by atoms with Crippen LogP contribution in [0.3, 0.4) is 0 Å². The Kier molecular flexibility index (Phi) is 3.28. The van der Waals surface area contributed by atoms with Crippen molar-refractivity contribution >= 4 is 22.6 Å². The van der Waals surface area contributed by atoms with Crippen molar-refractivity contribution in [1.29, 1.82) is 0 Å². The van der Waals surface area contributed by atoms with Gasteiger partial charge in [0.1, 0.15) is 5.82 Å². The van der Waals surface area contributed by atoms with Crippen LogP contribution < -0.4 is 4.90 Å². The molecule has 5 nitrogen and oxygen atoms in total.